The van der Waals surface area contributed by atoms with Crippen molar-refractivity contribution in [3.8, 4) is 28.6 Å². The highest BCUT2D eigenvalue weighted by molar-refractivity contribution is 5.61. The van der Waals surface area contributed by atoms with Gasteiger partial charge < -0.3 is 0 Å². The fraction of sp³-hybridized carbons (Fsp3) is 0.105. The van der Waals surface area contributed by atoms with E-state index in [-0.39, 0.29) is 11.5 Å². The van der Waals surface area contributed by atoms with Crippen molar-refractivity contribution in [2.75, 3.05) is 0 Å². The van der Waals surface area contributed by atoms with Crippen molar-refractivity contribution in [2.45, 2.75) is 6.92 Å². The summed E-state index contributed by atoms with van der Waals surface area (Å²) < 4.78 is 2.43. The van der Waals surface area contributed by atoms with E-state index < -0.39 is 11.2 Å². The molecule has 4 rings (SSSR count). The number of rotatable bonds is 2. The van der Waals surface area contributed by atoms with Crippen molar-refractivity contribution in [3.05, 3.63) is 81.0 Å². The van der Waals surface area contributed by atoms with Crippen LogP contribution in [-0.4, -0.2) is 24.3 Å². The number of fused-ring (bicyclic) bond motifs is 1. The first-order chi connectivity index (χ1) is 12.5. The molecule has 0 fully saturated rings. The van der Waals surface area contributed by atoms with Gasteiger partial charge in [-0.2, -0.15) is 4.98 Å². The minimum atomic E-state index is -0.640. The molecule has 0 bridgehead atoms. The summed E-state index contributed by atoms with van der Waals surface area (Å²) in [5.41, 5.74) is 1.53. The van der Waals surface area contributed by atoms with E-state index in [1.54, 1.807) is 0 Å². The monoisotopic (exact) mass is 345 g/mol. The van der Waals surface area contributed by atoms with Crippen LogP contribution in [0.4, 0.5) is 0 Å². The Morgan fingerprint density at radius 1 is 0.885 bits per heavy atom. The molecule has 0 aliphatic carbocycles. The predicted molar refractivity (Wildman–Crippen MR) is 97.5 cm³/mol. The third-order valence-electron chi connectivity index (χ3n) is 4.13. The second-order valence-electron chi connectivity index (χ2n) is 5.98. The van der Waals surface area contributed by atoms with E-state index in [9.17, 15) is 9.59 Å². The molecule has 2 aromatic rings. The molecule has 0 saturated carbocycles. The molecular formula is C19H15N5O2. The average molecular weight is 345 g/mol. The van der Waals surface area contributed by atoms with Gasteiger partial charge in [-0.05, 0) is 19.1 Å². The quantitative estimate of drug-likeness (QED) is 0.553. The number of aryl methyl sites for hydroxylation is 1. The van der Waals surface area contributed by atoms with E-state index in [0.717, 1.165) is 15.7 Å². The molecule has 2 aromatic carbocycles. The fourth-order valence-corrected chi connectivity index (χ4v) is 2.65. The lowest BCUT2D eigenvalue weighted by atomic mass is 10.1. The molecular weight excluding hydrogens is 330 g/mol. The van der Waals surface area contributed by atoms with Crippen LogP contribution in [0.3, 0.4) is 0 Å². The molecule has 0 amide bonds. The maximum atomic E-state index is 12.6. The van der Waals surface area contributed by atoms with Gasteiger partial charge in [0, 0.05) is 12.6 Å². The summed E-state index contributed by atoms with van der Waals surface area (Å²) in [5, 5.41) is 4.54. The van der Waals surface area contributed by atoms with Gasteiger partial charge in [0.25, 0.3) is 5.56 Å². The molecule has 0 saturated heterocycles. The van der Waals surface area contributed by atoms with Gasteiger partial charge in [0.05, 0.1) is 5.69 Å². The van der Waals surface area contributed by atoms with Crippen molar-refractivity contribution < 1.29 is 0 Å². The summed E-state index contributed by atoms with van der Waals surface area (Å²) in [5.74, 6) is 0.527. The lowest BCUT2D eigenvalue weighted by Gasteiger charge is -2.14. The van der Waals surface area contributed by atoms with Crippen LogP contribution >= 0.6 is 0 Å². The normalized spacial score (nSPS) is 11.0. The highest BCUT2D eigenvalue weighted by Gasteiger charge is 2.21. The second-order valence-corrected chi connectivity index (χ2v) is 5.98. The molecule has 7 nitrogen and oxygen atoms in total. The van der Waals surface area contributed by atoms with E-state index in [2.05, 4.69) is 15.1 Å². The summed E-state index contributed by atoms with van der Waals surface area (Å²) in [6.45, 7) is 1.99. The maximum absolute atomic E-state index is 12.6. The summed E-state index contributed by atoms with van der Waals surface area (Å²) in [7, 11) is 1.39. The lowest BCUT2D eigenvalue weighted by Crippen LogP contribution is -2.37. The molecule has 26 heavy (non-hydrogen) atoms. The first kappa shape index (κ1) is 15.9. The first-order valence-corrected chi connectivity index (χ1v) is 8.05. The number of nitrogens with zero attached hydrogens (tertiary/aromatic N) is 5. The van der Waals surface area contributed by atoms with Gasteiger partial charge >= 0.3 is 5.69 Å². The average Bonchev–Trinajstić information content (AvgIpc) is 2.67. The van der Waals surface area contributed by atoms with E-state index in [1.807, 2.05) is 61.5 Å². The van der Waals surface area contributed by atoms with Crippen molar-refractivity contribution in [1.29, 1.82) is 0 Å². The van der Waals surface area contributed by atoms with Crippen LogP contribution in [-0.2, 0) is 7.05 Å². The standard InChI is InChI=1S/C19H15N5O2/c1-12-8-10-13(11-9-12)16-20-15-17(21-19(26)23(2)18(15)25)24(22-16)14-6-4-3-5-7-14/h3-11H,1-2H3. The van der Waals surface area contributed by atoms with Crippen molar-refractivity contribution in [2.24, 2.45) is 7.05 Å². The zero-order valence-corrected chi connectivity index (χ0v) is 14.2. The van der Waals surface area contributed by atoms with Crippen LogP contribution in [0.2, 0.25) is 0 Å². The van der Waals surface area contributed by atoms with Gasteiger partial charge in [0.1, 0.15) is 0 Å². The summed E-state index contributed by atoms with van der Waals surface area (Å²) >= 11 is 0. The Morgan fingerprint density at radius 2 is 1.58 bits per heavy atom. The summed E-state index contributed by atoms with van der Waals surface area (Å²) in [4.78, 5) is 33.0. The third kappa shape index (κ3) is 2.59. The Kier molecular flexibility index (Phi) is 3.69. The number of benzene rings is 2. The zero-order chi connectivity index (χ0) is 18.3. The van der Waals surface area contributed by atoms with Crippen LogP contribution in [0.25, 0.3) is 28.6 Å². The van der Waals surface area contributed by atoms with Crippen LogP contribution in [0.5, 0.6) is 0 Å². The number of aromatic nitrogens is 5. The van der Waals surface area contributed by atoms with Gasteiger partial charge in [0.2, 0.25) is 0 Å². The zero-order valence-electron chi connectivity index (χ0n) is 14.2. The molecule has 0 spiro atoms. The van der Waals surface area contributed by atoms with Gasteiger partial charge in [-0.25, -0.2) is 14.5 Å². The summed E-state index contributed by atoms with van der Waals surface area (Å²) in [6.07, 6.45) is 0. The predicted octanol–water partition coefficient (Wildman–Crippen LogP) is 1.80. The lowest BCUT2D eigenvalue weighted by molar-refractivity contribution is 0.723. The molecule has 0 unspecified atom stereocenters. The highest BCUT2D eigenvalue weighted by Crippen LogP contribution is 2.21. The smallest absolute Gasteiger partial charge is 0.267 e. The molecule has 2 aliphatic heterocycles. The molecule has 0 aromatic heterocycles. The molecule has 2 heterocycles. The van der Waals surface area contributed by atoms with Crippen molar-refractivity contribution in [3.63, 3.8) is 0 Å². The summed E-state index contributed by atoms with van der Waals surface area (Å²) in [6, 6.07) is 16.9. The Hall–Kier alpha value is -3.61. The molecule has 2 aliphatic rings. The van der Waals surface area contributed by atoms with E-state index >= 15 is 0 Å². The number of hydrogen-bond donors (Lipinski definition) is 0. The largest absolute Gasteiger partial charge is 0.352 e. The van der Waals surface area contributed by atoms with Gasteiger partial charge in [-0.3, -0.25) is 9.36 Å². The van der Waals surface area contributed by atoms with Crippen LogP contribution in [0.15, 0.2) is 64.2 Å². The SMILES string of the molecule is Cc1ccc(-c2nc3c(=O)n(C)c(=O)nc-3n(-c3ccccc3)n2)cc1. The number of hydrogen-bond acceptors (Lipinski definition) is 5. The van der Waals surface area contributed by atoms with Gasteiger partial charge in [-0.15, -0.1) is 5.10 Å². The number of para-hydroxylation sites is 1. The Bertz CT molecular complexity index is 1180. The van der Waals surface area contributed by atoms with Crippen LogP contribution in [0, 0.1) is 6.92 Å². The van der Waals surface area contributed by atoms with Gasteiger partial charge in [0.15, 0.2) is 17.3 Å². The molecule has 0 N–H and O–H groups in total. The highest BCUT2D eigenvalue weighted by atomic mass is 16.2. The third-order valence-corrected chi connectivity index (χ3v) is 4.13. The molecule has 0 atom stereocenters. The van der Waals surface area contributed by atoms with Crippen molar-refractivity contribution >= 4 is 0 Å². The molecule has 128 valence electrons. The van der Waals surface area contributed by atoms with E-state index in [4.69, 9.17) is 0 Å². The van der Waals surface area contributed by atoms with Gasteiger partial charge in [-0.1, -0.05) is 48.0 Å². The van der Waals surface area contributed by atoms with E-state index in [1.165, 1.54) is 11.7 Å². The fourth-order valence-electron chi connectivity index (χ4n) is 2.65. The Morgan fingerprint density at radius 3 is 2.27 bits per heavy atom. The van der Waals surface area contributed by atoms with Crippen molar-refractivity contribution in [1.82, 2.24) is 24.3 Å². The Labute approximate surface area is 148 Å². The minimum Gasteiger partial charge on any atom is -0.267 e. The van der Waals surface area contributed by atoms with E-state index in [0.29, 0.717) is 11.5 Å². The van der Waals surface area contributed by atoms with Crippen LogP contribution in [0.1, 0.15) is 5.56 Å². The first-order valence-electron chi connectivity index (χ1n) is 8.05. The minimum absolute atomic E-state index is 0.0986. The molecule has 7 heteroatoms. The topological polar surface area (TPSA) is 82.7 Å². The Balaban J connectivity index is 2.09. The molecule has 0 radical (unpaired) electrons. The second kappa shape index (κ2) is 6.03. The van der Waals surface area contributed by atoms with Crippen LogP contribution < -0.4 is 11.2 Å². The maximum Gasteiger partial charge on any atom is 0.352 e.